The third-order valence-electron chi connectivity index (χ3n) is 8.25. The molecule has 0 aromatic carbocycles. The number of thiocarbonyl (C=S) groups is 1. The number of amides is 1. The van der Waals surface area contributed by atoms with E-state index in [-0.39, 0.29) is 35.3 Å². The van der Waals surface area contributed by atoms with E-state index in [1.807, 2.05) is 6.92 Å². The largest absolute Gasteiger partial charge is 0.481 e. The smallest absolute Gasteiger partial charge is 0.309 e. The lowest BCUT2D eigenvalue weighted by molar-refractivity contribution is -0.148. The van der Waals surface area contributed by atoms with Gasteiger partial charge in [-0.1, -0.05) is 62.5 Å². The van der Waals surface area contributed by atoms with Crippen LogP contribution in [0.4, 0.5) is 5.82 Å². The Balaban J connectivity index is 1.72. The van der Waals surface area contributed by atoms with E-state index in [0.29, 0.717) is 71.8 Å². The van der Waals surface area contributed by atoms with Gasteiger partial charge in [0.2, 0.25) is 0 Å². The molecule has 0 spiro atoms. The average Bonchev–Trinajstić information content (AvgIpc) is 3.26. The molecule has 0 atom stereocenters. The summed E-state index contributed by atoms with van der Waals surface area (Å²) in [6.07, 6.45) is 10.9. The number of anilines is 1. The first kappa shape index (κ1) is 35.3. The maximum absolute atomic E-state index is 13.5. The number of nitriles is 1. The van der Waals surface area contributed by atoms with Gasteiger partial charge in [0, 0.05) is 38.2 Å². The Morgan fingerprint density at radius 2 is 1.68 bits per heavy atom. The van der Waals surface area contributed by atoms with E-state index in [0.717, 1.165) is 51.4 Å². The van der Waals surface area contributed by atoms with Crippen LogP contribution >= 0.6 is 24.0 Å². The second-order valence-corrected chi connectivity index (χ2v) is 12.9. The molecule has 1 aromatic rings. The van der Waals surface area contributed by atoms with Crippen LogP contribution in [0.5, 0.6) is 0 Å². The highest BCUT2D eigenvalue weighted by atomic mass is 32.2. The van der Waals surface area contributed by atoms with Gasteiger partial charge in [-0.2, -0.15) is 5.26 Å². The van der Waals surface area contributed by atoms with Gasteiger partial charge in [-0.05, 0) is 58.1 Å². The third kappa shape index (κ3) is 8.94. The van der Waals surface area contributed by atoms with Crippen molar-refractivity contribution in [3.05, 3.63) is 31.9 Å². The van der Waals surface area contributed by atoms with Crippen molar-refractivity contribution in [3.8, 4) is 6.07 Å². The van der Waals surface area contributed by atoms with Crippen LogP contribution < -0.4 is 10.5 Å². The molecule has 0 bridgehead atoms. The monoisotopic (exact) mass is 644 g/mol. The van der Waals surface area contributed by atoms with Crippen molar-refractivity contribution < 1.29 is 24.2 Å². The molecule has 0 unspecified atom stereocenters. The summed E-state index contributed by atoms with van der Waals surface area (Å²) < 4.78 is 7.31. The second-order valence-electron chi connectivity index (χ2n) is 11.2. The number of aliphatic carboxylic acids is 1. The quantitative estimate of drug-likeness (QED) is 0.105. The van der Waals surface area contributed by atoms with Crippen molar-refractivity contribution in [1.29, 1.82) is 5.26 Å². The summed E-state index contributed by atoms with van der Waals surface area (Å²) in [4.78, 5) is 53.9. The zero-order valence-electron chi connectivity index (χ0n) is 26.1. The fourth-order valence-electron chi connectivity index (χ4n) is 5.80. The van der Waals surface area contributed by atoms with Crippen molar-refractivity contribution >= 4 is 58.0 Å². The molecule has 2 aliphatic heterocycles. The summed E-state index contributed by atoms with van der Waals surface area (Å²) in [5.74, 6) is -0.651. The molecule has 3 rings (SSSR count). The van der Waals surface area contributed by atoms with Gasteiger partial charge >= 0.3 is 11.9 Å². The number of carbonyl (C=O) groups is 3. The molecule has 2 fully saturated rings. The number of nitrogens with zero attached hydrogens (tertiary/aromatic N) is 4. The lowest BCUT2D eigenvalue weighted by atomic mass is 9.95. The Kier molecular flexibility index (Phi) is 13.9. The number of carboxylic acid groups (broad SMARTS) is 1. The maximum Gasteiger partial charge on any atom is 0.309 e. The van der Waals surface area contributed by atoms with Crippen LogP contribution in [0.25, 0.3) is 6.08 Å². The fraction of sp³-hybridized carbons (Fsp3) is 0.625. The van der Waals surface area contributed by atoms with E-state index in [4.69, 9.17) is 22.1 Å². The van der Waals surface area contributed by atoms with Gasteiger partial charge in [-0.3, -0.25) is 28.6 Å². The molecule has 0 radical (unpaired) electrons. The molecule has 10 nitrogen and oxygen atoms in total. The van der Waals surface area contributed by atoms with Gasteiger partial charge in [0.1, 0.15) is 21.8 Å². The lowest BCUT2D eigenvalue weighted by Gasteiger charge is -2.35. The number of hydrogen-bond donors (Lipinski definition) is 1. The molecule has 1 amide bonds. The van der Waals surface area contributed by atoms with E-state index in [1.165, 1.54) is 11.8 Å². The van der Waals surface area contributed by atoms with Crippen molar-refractivity contribution in [2.45, 2.75) is 97.9 Å². The lowest BCUT2D eigenvalue weighted by Crippen LogP contribution is -2.41. The Hall–Kier alpha value is -3.17. The first-order valence-corrected chi connectivity index (χ1v) is 16.9. The first-order valence-electron chi connectivity index (χ1n) is 15.7. The summed E-state index contributed by atoms with van der Waals surface area (Å²) in [5, 5.41) is 18.6. The minimum absolute atomic E-state index is 0.0561. The van der Waals surface area contributed by atoms with Gasteiger partial charge in [-0.15, -0.1) is 0 Å². The van der Waals surface area contributed by atoms with E-state index >= 15 is 0 Å². The number of carbonyl (C=O) groups excluding carboxylic acids is 2. The third-order valence-corrected chi connectivity index (χ3v) is 9.63. The van der Waals surface area contributed by atoms with Gasteiger partial charge < -0.3 is 14.7 Å². The van der Waals surface area contributed by atoms with Gasteiger partial charge in [-0.25, -0.2) is 0 Å². The number of piperidine rings is 1. The highest BCUT2D eigenvalue weighted by molar-refractivity contribution is 8.26. The average molecular weight is 645 g/mol. The van der Waals surface area contributed by atoms with Crippen molar-refractivity contribution in [3.63, 3.8) is 0 Å². The summed E-state index contributed by atoms with van der Waals surface area (Å²) in [7, 11) is 0. The molecule has 12 heteroatoms. The molecule has 44 heavy (non-hydrogen) atoms. The van der Waals surface area contributed by atoms with Gasteiger partial charge in [0.15, 0.2) is 0 Å². The first-order chi connectivity index (χ1) is 21.1. The van der Waals surface area contributed by atoms with Crippen LogP contribution in [0, 0.1) is 24.2 Å². The van der Waals surface area contributed by atoms with Crippen molar-refractivity contribution in [1.82, 2.24) is 9.47 Å². The fourth-order valence-corrected chi connectivity index (χ4v) is 7.09. The number of carboxylic acids is 1. The van der Waals surface area contributed by atoms with Crippen LogP contribution in [-0.2, 0) is 25.7 Å². The summed E-state index contributed by atoms with van der Waals surface area (Å²) in [6.45, 7) is 7.69. The maximum atomic E-state index is 13.5. The van der Waals surface area contributed by atoms with Gasteiger partial charge in [0.25, 0.3) is 11.5 Å². The molecular formula is C32H44N4O6S2. The Morgan fingerprint density at radius 1 is 1.07 bits per heavy atom. The van der Waals surface area contributed by atoms with E-state index < -0.39 is 5.97 Å². The Bertz CT molecular complexity index is 1360. The van der Waals surface area contributed by atoms with Crippen LogP contribution in [-0.4, -0.2) is 63.0 Å². The molecule has 240 valence electrons. The molecule has 0 saturated carbocycles. The Labute approximate surface area is 269 Å². The number of unbranched alkanes of at least 4 members (excludes halogenated alkanes) is 7. The number of thioether (sulfide) groups is 1. The van der Waals surface area contributed by atoms with Crippen LogP contribution in [0.2, 0.25) is 0 Å². The summed E-state index contributed by atoms with van der Waals surface area (Å²) in [5.41, 5.74) is 0.875. The number of ether oxygens (including phenoxy) is 1. The van der Waals surface area contributed by atoms with E-state index in [1.54, 1.807) is 29.4 Å². The molecule has 3 heterocycles. The van der Waals surface area contributed by atoms with Crippen LogP contribution in [0.15, 0.2) is 9.70 Å². The highest BCUT2D eigenvalue weighted by Gasteiger charge is 2.34. The topological polar surface area (TPSA) is 133 Å². The predicted molar refractivity (Wildman–Crippen MR) is 176 cm³/mol. The zero-order chi connectivity index (χ0) is 32.2. The standard InChI is InChI=1S/C32H44N4O6S2/c1-4-35-28(34-18-15-23(16-19-34)31(41)42-5-2)24(22(3)25(21-33)29(35)39)20-26-30(40)36(32(43)44-26)17-13-11-9-7-6-8-10-12-14-27(37)38/h20,23H,4-19H2,1-3H3,(H,37,38)/b26-20-. The number of pyridine rings is 1. The molecule has 0 aliphatic carbocycles. The number of aromatic nitrogens is 1. The van der Waals surface area contributed by atoms with Crippen molar-refractivity contribution in [2.24, 2.45) is 5.92 Å². The molecule has 2 saturated heterocycles. The van der Waals surface area contributed by atoms with E-state index in [2.05, 4.69) is 11.0 Å². The number of rotatable bonds is 16. The summed E-state index contributed by atoms with van der Waals surface area (Å²) in [6, 6.07) is 2.07. The molecular weight excluding hydrogens is 601 g/mol. The molecule has 1 N–H and O–H groups in total. The summed E-state index contributed by atoms with van der Waals surface area (Å²) >= 11 is 6.82. The van der Waals surface area contributed by atoms with Crippen LogP contribution in [0.1, 0.15) is 101 Å². The normalized spacial score (nSPS) is 16.5. The highest BCUT2D eigenvalue weighted by Crippen LogP contribution is 2.37. The number of hydrogen-bond acceptors (Lipinski definition) is 9. The zero-order valence-corrected chi connectivity index (χ0v) is 27.7. The van der Waals surface area contributed by atoms with E-state index in [9.17, 15) is 24.4 Å². The minimum atomic E-state index is -0.740. The minimum Gasteiger partial charge on any atom is -0.481 e. The van der Waals surface area contributed by atoms with Crippen LogP contribution in [0.3, 0.4) is 0 Å². The Morgan fingerprint density at radius 3 is 2.25 bits per heavy atom. The van der Waals surface area contributed by atoms with Gasteiger partial charge in [0.05, 0.1) is 17.4 Å². The molecule has 1 aromatic heterocycles. The molecule has 2 aliphatic rings. The second kappa shape index (κ2) is 17.4. The van der Waals surface area contributed by atoms with Crippen molar-refractivity contribution in [2.75, 3.05) is 31.1 Å². The SMILES string of the molecule is CCOC(=O)C1CCN(c2c(/C=C3\SC(=S)N(CCCCCCCCCCC(=O)O)C3=O)c(C)c(C#N)c(=O)n2CC)CC1. The predicted octanol–water partition coefficient (Wildman–Crippen LogP) is 5.62. The number of esters is 1.